The summed E-state index contributed by atoms with van der Waals surface area (Å²) in [4.78, 5) is 0. The minimum atomic E-state index is -0.667. The van der Waals surface area contributed by atoms with Gasteiger partial charge in [0.25, 0.3) is 0 Å². The normalized spacial score (nSPS) is 4.20. The second kappa shape index (κ2) is 6.43. The first-order valence-electron chi connectivity index (χ1n) is 0.474. The van der Waals surface area contributed by atoms with Crippen molar-refractivity contribution in [3.8, 4) is 0 Å². The second-order valence-corrected chi connectivity index (χ2v) is 7.87. The predicted molar refractivity (Wildman–Crippen MR) is 20.8 cm³/mol. The van der Waals surface area contributed by atoms with Crippen LogP contribution in [0.4, 0.5) is 0 Å². The molecule has 5 heteroatoms. The second-order valence-electron chi connectivity index (χ2n) is 0.212. The zero-order chi connectivity index (χ0) is 3.58. The SMILES string of the molecule is [P]#[Fe](#[P])#[P].[Zn]. The first-order chi connectivity index (χ1) is 1.73. The molecule has 0 heterocycles. The fraction of sp³-hybridized carbons (Fsp3) is 0. The van der Waals surface area contributed by atoms with Crippen molar-refractivity contribution in [3.05, 3.63) is 0 Å². The largest absolute Gasteiger partial charge is 0 e. The molecule has 0 N–H and O–H groups in total. The summed E-state index contributed by atoms with van der Waals surface area (Å²) in [7, 11) is 10.7. The van der Waals surface area contributed by atoms with Gasteiger partial charge < -0.3 is 0 Å². The molecule has 0 bridgehead atoms. The van der Waals surface area contributed by atoms with Gasteiger partial charge in [0.15, 0.2) is 0 Å². The van der Waals surface area contributed by atoms with E-state index >= 15 is 0 Å². The van der Waals surface area contributed by atoms with E-state index < -0.39 is 10.5 Å². The average molecular weight is 214 g/mol. The third kappa shape index (κ3) is 21.4. The molecule has 0 unspecified atom stereocenters. The standard InChI is InChI=1S/Fe.3P.Zn. The Labute approximate surface area is 51.7 Å². The Morgan fingerprint density at radius 1 is 1.00 bits per heavy atom. The summed E-state index contributed by atoms with van der Waals surface area (Å²) in [6.45, 7) is 0. The van der Waals surface area contributed by atoms with Crippen LogP contribution in [-0.2, 0) is 30.0 Å². The van der Waals surface area contributed by atoms with E-state index in [9.17, 15) is 0 Å². The minimum absolute atomic E-state index is 0. The molecule has 0 saturated heterocycles. The number of hydrogen-bond acceptors (Lipinski definition) is 0. The Morgan fingerprint density at radius 3 is 1.00 bits per heavy atom. The Balaban J connectivity index is 0. The molecule has 0 spiro atoms. The van der Waals surface area contributed by atoms with Gasteiger partial charge in [-0.25, -0.2) is 0 Å². The van der Waals surface area contributed by atoms with E-state index in [2.05, 4.69) is 21.8 Å². The van der Waals surface area contributed by atoms with E-state index in [-0.39, 0.29) is 19.5 Å². The maximum atomic E-state index is 3.78. The van der Waals surface area contributed by atoms with Crippen LogP contribution in [0, 0.1) is 0 Å². The molecule has 0 aromatic carbocycles. The van der Waals surface area contributed by atoms with Crippen LogP contribution in [0.1, 0.15) is 0 Å². The molecule has 25 valence electrons. The molecule has 0 aromatic rings. The van der Waals surface area contributed by atoms with E-state index in [1.165, 1.54) is 0 Å². The Hall–Kier alpha value is 2.43. The van der Waals surface area contributed by atoms with Gasteiger partial charge in [-0.15, -0.1) is 0 Å². The van der Waals surface area contributed by atoms with Crippen LogP contribution in [0.5, 0.6) is 0 Å². The minimum Gasteiger partial charge on any atom is 0 e. The van der Waals surface area contributed by atoms with Crippen molar-refractivity contribution in [2.75, 3.05) is 0 Å². The zero-order valence-electron chi connectivity index (χ0n) is 2.40. The number of rotatable bonds is 0. The molecular weight excluding hydrogens is 214 g/mol. The van der Waals surface area contributed by atoms with Crippen LogP contribution >= 0.6 is 21.8 Å². The summed E-state index contributed by atoms with van der Waals surface area (Å²) in [5.41, 5.74) is 0. The maximum absolute atomic E-state index is 3.78. The quantitative estimate of drug-likeness (QED) is 0.429. The van der Waals surface area contributed by atoms with E-state index in [4.69, 9.17) is 0 Å². The fourth-order valence-corrected chi connectivity index (χ4v) is 0. The van der Waals surface area contributed by atoms with Gasteiger partial charge in [0.2, 0.25) is 0 Å². The number of hydrogen-bond donors (Lipinski definition) is 0. The van der Waals surface area contributed by atoms with Gasteiger partial charge in [-0.2, -0.15) is 0 Å². The van der Waals surface area contributed by atoms with Gasteiger partial charge in [-0.3, -0.25) is 0 Å². The van der Waals surface area contributed by atoms with Crippen molar-refractivity contribution < 1.29 is 30.0 Å². The molecule has 0 nitrogen and oxygen atoms in total. The van der Waals surface area contributed by atoms with Crippen molar-refractivity contribution in [2.45, 2.75) is 0 Å². The van der Waals surface area contributed by atoms with E-state index in [0.717, 1.165) is 0 Å². The first kappa shape index (κ1) is 10.4. The molecule has 0 aromatic heterocycles. The van der Waals surface area contributed by atoms with Crippen molar-refractivity contribution in [2.24, 2.45) is 0 Å². The Bertz CT molecular complexity index is 222. The summed E-state index contributed by atoms with van der Waals surface area (Å²) >= 11 is 0. The summed E-state index contributed by atoms with van der Waals surface area (Å²) in [6, 6.07) is 0. The molecule has 0 aliphatic heterocycles. The van der Waals surface area contributed by atoms with Crippen molar-refractivity contribution in [1.82, 2.24) is 0 Å². The topological polar surface area (TPSA) is 0 Å². The van der Waals surface area contributed by atoms with E-state index in [1.807, 2.05) is 0 Å². The van der Waals surface area contributed by atoms with Crippen LogP contribution in [0.3, 0.4) is 0 Å². The van der Waals surface area contributed by atoms with Gasteiger partial charge in [-0.05, 0) is 0 Å². The van der Waals surface area contributed by atoms with Gasteiger partial charge in [-0.1, -0.05) is 0 Å². The Kier molecular flexibility index (Phi) is 13.4. The molecular formula is FeP3Zn. The zero-order valence-corrected chi connectivity index (χ0v) is 9.16. The molecule has 0 rings (SSSR count). The fourth-order valence-electron chi connectivity index (χ4n) is 0. The Morgan fingerprint density at radius 2 is 1.00 bits per heavy atom. The third-order valence-electron chi connectivity index (χ3n) is 0. The maximum Gasteiger partial charge on any atom is 0 e. The van der Waals surface area contributed by atoms with Crippen LogP contribution in [-0.4, -0.2) is 0 Å². The summed E-state index contributed by atoms with van der Waals surface area (Å²) in [5, 5.41) is 0. The molecule has 0 aliphatic rings. The van der Waals surface area contributed by atoms with Gasteiger partial charge in [0.05, 0.1) is 0 Å². The first-order valence-corrected chi connectivity index (χ1v) is 5.87. The van der Waals surface area contributed by atoms with Gasteiger partial charge in [0.1, 0.15) is 0 Å². The molecule has 0 radical (unpaired) electrons. The summed E-state index contributed by atoms with van der Waals surface area (Å²) in [6.07, 6.45) is 0. The molecule has 0 saturated carbocycles. The van der Waals surface area contributed by atoms with Gasteiger partial charge >= 0.3 is 32.3 Å². The molecule has 0 fully saturated rings. The van der Waals surface area contributed by atoms with Crippen LogP contribution in [0.25, 0.3) is 0 Å². The van der Waals surface area contributed by atoms with Crippen molar-refractivity contribution in [1.29, 1.82) is 0 Å². The van der Waals surface area contributed by atoms with E-state index in [1.54, 1.807) is 0 Å². The average Bonchev–Trinajstić information content (AvgIpc) is 0.811. The smallest absolute Gasteiger partial charge is 0 e. The van der Waals surface area contributed by atoms with E-state index in [0.29, 0.717) is 0 Å². The van der Waals surface area contributed by atoms with Crippen LogP contribution in [0.15, 0.2) is 0 Å². The summed E-state index contributed by atoms with van der Waals surface area (Å²) in [5.74, 6) is 0. The molecule has 0 aliphatic carbocycles. The monoisotopic (exact) mass is 213 g/mol. The van der Waals surface area contributed by atoms with Crippen molar-refractivity contribution in [3.63, 3.8) is 0 Å². The van der Waals surface area contributed by atoms with Gasteiger partial charge in [0, 0.05) is 19.5 Å². The van der Waals surface area contributed by atoms with Crippen LogP contribution in [0.2, 0.25) is 0 Å². The predicted octanol–water partition coefficient (Wildman–Crippen LogP) is 2.58. The van der Waals surface area contributed by atoms with Crippen LogP contribution < -0.4 is 0 Å². The molecule has 0 amide bonds. The van der Waals surface area contributed by atoms with Crippen molar-refractivity contribution >= 4 is 21.8 Å². The molecule has 5 heavy (non-hydrogen) atoms. The third-order valence-corrected chi connectivity index (χ3v) is 0. The molecule has 0 atom stereocenters. The summed E-state index contributed by atoms with van der Waals surface area (Å²) < 4.78 is 0.